The van der Waals surface area contributed by atoms with E-state index in [0.717, 1.165) is 10.4 Å². The second-order valence-corrected chi connectivity index (χ2v) is 6.31. The molecule has 0 saturated carbocycles. The minimum absolute atomic E-state index is 0.139. The van der Waals surface area contributed by atoms with Gasteiger partial charge >= 0.3 is 0 Å². The number of amides is 2. The second-order valence-electron chi connectivity index (χ2n) is 5.33. The van der Waals surface area contributed by atoms with E-state index in [9.17, 15) is 9.59 Å². The molecule has 25 heavy (non-hydrogen) atoms. The first-order valence-corrected chi connectivity index (χ1v) is 8.48. The maximum atomic E-state index is 12.6. The van der Waals surface area contributed by atoms with E-state index in [-0.39, 0.29) is 11.5 Å². The lowest BCUT2D eigenvalue weighted by Crippen LogP contribution is -2.30. The number of benzene rings is 1. The summed E-state index contributed by atoms with van der Waals surface area (Å²) in [4.78, 5) is 25.7. The average molecular weight is 352 g/mol. The number of rotatable bonds is 5. The summed E-state index contributed by atoms with van der Waals surface area (Å²) < 4.78 is 5.08. The molecule has 0 aliphatic carbocycles. The van der Waals surface area contributed by atoms with Gasteiger partial charge in [-0.1, -0.05) is 18.2 Å². The van der Waals surface area contributed by atoms with Gasteiger partial charge < -0.3 is 15.1 Å². The molecule has 0 unspecified atom stereocenters. The average Bonchev–Trinajstić information content (AvgIpc) is 3.28. The summed E-state index contributed by atoms with van der Waals surface area (Å²) in [7, 11) is 0. The molecule has 0 saturated heterocycles. The highest BCUT2D eigenvalue weighted by molar-refractivity contribution is 7.10. The third kappa shape index (κ3) is 4.45. The number of hydrogen-bond acceptors (Lipinski definition) is 4. The Morgan fingerprint density at radius 3 is 2.68 bits per heavy atom. The van der Waals surface area contributed by atoms with Crippen LogP contribution >= 0.6 is 11.3 Å². The number of carbonyl (C=O) groups excluding carboxylic acids is 2. The molecular weight excluding hydrogens is 336 g/mol. The molecule has 5 nitrogen and oxygen atoms in total. The summed E-state index contributed by atoms with van der Waals surface area (Å²) >= 11 is 1.47. The smallest absolute Gasteiger partial charge is 0.291 e. The van der Waals surface area contributed by atoms with Crippen molar-refractivity contribution < 1.29 is 14.0 Å². The van der Waals surface area contributed by atoms with Crippen molar-refractivity contribution in [3.8, 4) is 0 Å². The molecular formula is C19H16N2O3S. The molecule has 0 spiro atoms. The molecule has 0 atom stereocenters. The molecule has 3 aromatic rings. The van der Waals surface area contributed by atoms with E-state index in [1.807, 2.05) is 42.6 Å². The highest BCUT2D eigenvalue weighted by atomic mass is 32.1. The van der Waals surface area contributed by atoms with Crippen LogP contribution in [0.25, 0.3) is 6.08 Å². The topological polar surface area (TPSA) is 71.3 Å². The van der Waals surface area contributed by atoms with E-state index in [2.05, 4.69) is 10.6 Å². The minimum atomic E-state index is -0.479. The standard InChI is InChI=1S/C19H16N2O3S/c1-13-5-2-6-14(11-13)20-18(22)16(12-15-7-4-10-25-15)21-19(23)17-8-3-9-24-17/h2-12H,1H3,(H,20,22)(H,21,23)/b16-12-. The number of hydrogen-bond donors (Lipinski definition) is 2. The Hall–Kier alpha value is -3.12. The quantitative estimate of drug-likeness (QED) is 0.680. The highest BCUT2D eigenvalue weighted by Gasteiger charge is 2.16. The van der Waals surface area contributed by atoms with Crippen LogP contribution in [0.15, 0.2) is 70.3 Å². The lowest BCUT2D eigenvalue weighted by molar-refractivity contribution is -0.113. The van der Waals surface area contributed by atoms with Crippen LogP contribution < -0.4 is 10.6 Å². The van der Waals surface area contributed by atoms with Gasteiger partial charge in [0.2, 0.25) is 0 Å². The summed E-state index contributed by atoms with van der Waals surface area (Å²) in [6, 6.07) is 14.3. The fourth-order valence-electron chi connectivity index (χ4n) is 2.19. The van der Waals surface area contributed by atoms with Gasteiger partial charge in [-0.05, 0) is 54.3 Å². The largest absolute Gasteiger partial charge is 0.459 e. The van der Waals surface area contributed by atoms with Gasteiger partial charge in [-0.25, -0.2) is 0 Å². The molecule has 0 aliphatic rings. The van der Waals surface area contributed by atoms with Crippen molar-refractivity contribution in [3.63, 3.8) is 0 Å². The predicted octanol–water partition coefficient (Wildman–Crippen LogP) is 4.06. The molecule has 2 aromatic heterocycles. The number of furan rings is 1. The molecule has 1 aromatic carbocycles. The molecule has 0 aliphatic heterocycles. The Balaban J connectivity index is 1.83. The van der Waals surface area contributed by atoms with Crippen LogP contribution in [0.2, 0.25) is 0 Å². The van der Waals surface area contributed by atoms with E-state index in [1.165, 1.54) is 23.7 Å². The van der Waals surface area contributed by atoms with Crippen molar-refractivity contribution in [2.24, 2.45) is 0 Å². The van der Waals surface area contributed by atoms with Crippen LogP contribution in [0.5, 0.6) is 0 Å². The molecule has 2 N–H and O–H groups in total. The van der Waals surface area contributed by atoms with Crippen molar-refractivity contribution in [1.29, 1.82) is 0 Å². The number of aryl methyl sites for hydroxylation is 1. The Morgan fingerprint density at radius 1 is 1.12 bits per heavy atom. The number of carbonyl (C=O) groups is 2. The van der Waals surface area contributed by atoms with E-state index in [4.69, 9.17) is 4.42 Å². The van der Waals surface area contributed by atoms with Gasteiger partial charge in [-0.3, -0.25) is 9.59 Å². The van der Waals surface area contributed by atoms with E-state index < -0.39 is 11.8 Å². The van der Waals surface area contributed by atoms with Gasteiger partial charge in [-0.2, -0.15) is 0 Å². The van der Waals surface area contributed by atoms with Crippen LogP contribution in [-0.2, 0) is 4.79 Å². The molecule has 0 fully saturated rings. The summed E-state index contributed by atoms with van der Waals surface area (Å²) in [5.74, 6) is -0.744. The number of anilines is 1. The predicted molar refractivity (Wildman–Crippen MR) is 98.3 cm³/mol. The van der Waals surface area contributed by atoms with Crippen LogP contribution in [0.3, 0.4) is 0 Å². The van der Waals surface area contributed by atoms with Crippen LogP contribution in [0.1, 0.15) is 21.0 Å². The van der Waals surface area contributed by atoms with Gasteiger partial charge in [0.25, 0.3) is 11.8 Å². The Morgan fingerprint density at radius 2 is 2.00 bits per heavy atom. The van der Waals surface area contributed by atoms with E-state index in [0.29, 0.717) is 5.69 Å². The van der Waals surface area contributed by atoms with E-state index >= 15 is 0 Å². The zero-order chi connectivity index (χ0) is 17.6. The van der Waals surface area contributed by atoms with Crippen LogP contribution in [0.4, 0.5) is 5.69 Å². The lowest BCUT2D eigenvalue weighted by Gasteiger charge is -2.10. The van der Waals surface area contributed by atoms with Crippen LogP contribution in [-0.4, -0.2) is 11.8 Å². The van der Waals surface area contributed by atoms with Crippen molar-refractivity contribution in [2.45, 2.75) is 6.92 Å². The van der Waals surface area contributed by atoms with Gasteiger partial charge in [0.15, 0.2) is 5.76 Å². The Kier molecular flexibility index (Phi) is 5.11. The third-order valence-electron chi connectivity index (χ3n) is 3.34. The molecule has 2 amide bonds. The first-order chi connectivity index (χ1) is 12.1. The molecule has 0 bridgehead atoms. The molecule has 3 rings (SSSR count). The maximum Gasteiger partial charge on any atom is 0.291 e. The number of nitrogens with one attached hydrogen (secondary N) is 2. The zero-order valence-corrected chi connectivity index (χ0v) is 14.3. The van der Waals surface area contributed by atoms with Crippen molar-refractivity contribution in [1.82, 2.24) is 5.32 Å². The minimum Gasteiger partial charge on any atom is -0.459 e. The zero-order valence-electron chi connectivity index (χ0n) is 13.5. The fraction of sp³-hybridized carbons (Fsp3) is 0.0526. The SMILES string of the molecule is Cc1cccc(NC(=O)/C(=C/c2cccs2)NC(=O)c2ccco2)c1. The molecule has 6 heteroatoms. The third-order valence-corrected chi connectivity index (χ3v) is 4.16. The Labute approximate surface area is 149 Å². The monoisotopic (exact) mass is 352 g/mol. The van der Waals surface area contributed by atoms with Gasteiger partial charge in [0, 0.05) is 10.6 Å². The summed E-state index contributed by atoms with van der Waals surface area (Å²) in [5, 5.41) is 7.31. The first-order valence-electron chi connectivity index (χ1n) is 7.60. The molecule has 126 valence electrons. The molecule has 0 radical (unpaired) electrons. The van der Waals surface area contributed by atoms with E-state index in [1.54, 1.807) is 18.2 Å². The highest BCUT2D eigenvalue weighted by Crippen LogP contribution is 2.15. The first kappa shape index (κ1) is 16.7. The lowest BCUT2D eigenvalue weighted by atomic mass is 10.2. The summed E-state index contributed by atoms with van der Waals surface area (Å²) in [6.45, 7) is 1.94. The normalized spacial score (nSPS) is 11.2. The Bertz CT molecular complexity index is 897. The van der Waals surface area contributed by atoms with Crippen molar-refractivity contribution >= 4 is 34.9 Å². The summed E-state index contributed by atoms with van der Waals surface area (Å²) in [6.07, 6.45) is 3.04. The van der Waals surface area contributed by atoms with Gasteiger partial charge in [0.05, 0.1) is 6.26 Å². The van der Waals surface area contributed by atoms with Crippen LogP contribution in [0, 0.1) is 6.92 Å². The van der Waals surface area contributed by atoms with Gasteiger partial charge in [-0.15, -0.1) is 11.3 Å². The van der Waals surface area contributed by atoms with Gasteiger partial charge in [0.1, 0.15) is 5.70 Å². The van der Waals surface area contributed by atoms with Crippen molar-refractivity contribution in [3.05, 3.63) is 82.1 Å². The number of thiophene rings is 1. The summed E-state index contributed by atoms with van der Waals surface area (Å²) in [5.41, 5.74) is 1.83. The maximum absolute atomic E-state index is 12.6. The van der Waals surface area contributed by atoms with Crippen molar-refractivity contribution in [2.75, 3.05) is 5.32 Å². The fourth-order valence-corrected chi connectivity index (χ4v) is 2.84. The second kappa shape index (κ2) is 7.63. The molecule has 2 heterocycles.